The summed E-state index contributed by atoms with van der Waals surface area (Å²) >= 11 is 0. The molecule has 4 rings (SSSR count). The molecular formula is C26H16F10N2O2. The number of fused-ring (bicyclic) bond motifs is 1. The fourth-order valence-corrected chi connectivity index (χ4v) is 4.74. The van der Waals surface area contributed by atoms with E-state index in [1.54, 1.807) is 0 Å². The molecule has 0 aliphatic carbocycles. The lowest BCUT2D eigenvalue weighted by atomic mass is 9.91. The normalized spacial score (nSPS) is 16.1. The van der Waals surface area contributed by atoms with E-state index >= 15 is 0 Å². The molecule has 1 aliphatic heterocycles. The van der Waals surface area contributed by atoms with Gasteiger partial charge in [0.1, 0.15) is 11.3 Å². The summed E-state index contributed by atoms with van der Waals surface area (Å²) < 4.78 is 143. The van der Waals surface area contributed by atoms with E-state index in [1.165, 1.54) is 42.8 Å². The van der Waals surface area contributed by atoms with Crippen LogP contribution >= 0.6 is 0 Å². The van der Waals surface area contributed by atoms with Crippen LogP contribution in [0.1, 0.15) is 30.7 Å². The largest absolute Gasteiger partial charge is 0.422 e. The van der Waals surface area contributed by atoms with Crippen molar-refractivity contribution >= 4 is 34.0 Å². The molecule has 0 atom stereocenters. The zero-order valence-electron chi connectivity index (χ0n) is 20.8. The lowest BCUT2D eigenvalue weighted by molar-refractivity contribution is -0.143. The van der Waals surface area contributed by atoms with Crippen molar-refractivity contribution in [1.29, 1.82) is 0 Å². The predicted molar refractivity (Wildman–Crippen MR) is 123 cm³/mol. The zero-order valence-corrected chi connectivity index (χ0v) is 20.8. The van der Waals surface area contributed by atoms with Gasteiger partial charge in [0, 0.05) is 29.2 Å². The van der Waals surface area contributed by atoms with Crippen LogP contribution in [0.25, 0.3) is 16.5 Å². The zero-order chi connectivity index (χ0) is 30.2. The van der Waals surface area contributed by atoms with E-state index in [-0.39, 0.29) is 22.2 Å². The number of amides is 2. The quantitative estimate of drug-likeness (QED) is 0.139. The van der Waals surface area contributed by atoms with Crippen molar-refractivity contribution in [3.63, 3.8) is 0 Å². The Morgan fingerprint density at radius 3 is 1.75 bits per heavy atom. The lowest BCUT2D eigenvalue weighted by Gasteiger charge is -2.19. The van der Waals surface area contributed by atoms with Crippen molar-refractivity contribution in [3.8, 4) is 0 Å². The molecule has 0 bridgehead atoms. The van der Waals surface area contributed by atoms with Gasteiger partial charge in [-0.25, -0.2) is 22.5 Å². The van der Waals surface area contributed by atoms with Crippen molar-refractivity contribution in [3.05, 3.63) is 81.1 Å². The third-order valence-electron chi connectivity index (χ3n) is 6.51. The van der Waals surface area contributed by atoms with Gasteiger partial charge in [-0.2, -0.15) is 26.3 Å². The summed E-state index contributed by atoms with van der Waals surface area (Å²) in [5, 5.41) is -0.0156. The van der Waals surface area contributed by atoms with Gasteiger partial charge in [0.25, 0.3) is 11.8 Å². The lowest BCUT2D eigenvalue weighted by Crippen LogP contribution is -2.33. The highest BCUT2D eigenvalue weighted by Gasteiger charge is 2.52. The second-order valence-corrected chi connectivity index (χ2v) is 9.08. The van der Waals surface area contributed by atoms with E-state index < -0.39 is 85.9 Å². The standard InChI is InChI=1S/C26H16F10N2O2/c1-9(2)13-15(16(25(31,32)33)14-10(3)37(4)12-8-6-5-7-11(12)14)24(40)38(23(13)39)22-20(29)18(27)17(26(34,35)36)19(28)21(22)30/h5-8H,1-4H3/b16-15-. The molecule has 40 heavy (non-hydrogen) atoms. The highest BCUT2D eigenvalue weighted by atomic mass is 19.4. The average molecular weight is 578 g/mol. The molecular weight excluding hydrogens is 562 g/mol. The molecule has 0 radical (unpaired) electrons. The molecule has 2 aromatic carbocycles. The minimum absolute atomic E-state index is 0.0156. The fourth-order valence-electron chi connectivity index (χ4n) is 4.74. The van der Waals surface area contributed by atoms with Crippen molar-refractivity contribution in [2.45, 2.75) is 33.1 Å². The molecule has 1 saturated heterocycles. The Balaban J connectivity index is 2.15. The van der Waals surface area contributed by atoms with Crippen LogP contribution < -0.4 is 4.90 Å². The van der Waals surface area contributed by atoms with E-state index in [0.29, 0.717) is 0 Å². The Morgan fingerprint density at radius 1 is 0.775 bits per heavy atom. The number of anilines is 1. The van der Waals surface area contributed by atoms with Crippen molar-refractivity contribution < 1.29 is 53.5 Å². The third kappa shape index (κ3) is 4.07. The smallest absolute Gasteiger partial charge is 0.347 e. The summed E-state index contributed by atoms with van der Waals surface area (Å²) in [5.74, 6) is -15.4. The highest BCUT2D eigenvalue weighted by molar-refractivity contribution is 6.39. The van der Waals surface area contributed by atoms with E-state index in [4.69, 9.17) is 0 Å². The number of alkyl halides is 6. The summed E-state index contributed by atoms with van der Waals surface area (Å²) in [5.41, 5.74) is -9.84. The number of rotatable bonds is 2. The summed E-state index contributed by atoms with van der Waals surface area (Å²) in [4.78, 5) is 26.1. The van der Waals surface area contributed by atoms with E-state index in [0.717, 1.165) is 13.8 Å². The van der Waals surface area contributed by atoms with Crippen LogP contribution in [0.15, 0.2) is 41.0 Å². The first kappa shape index (κ1) is 28.9. The number of imide groups is 1. The number of allylic oxidation sites excluding steroid dienone is 2. The minimum Gasteiger partial charge on any atom is -0.347 e. The number of benzene rings is 2. The second kappa shape index (κ2) is 9.24. The van der Waals surface area contributed by atoms with Crippen LogP contribution in [-0.2, 0) is 22.8 Å². The van der Waals surface area contributed by atoms with Crippen LogP contribution in [-0.4, -0.2) is 22.6 Å². The maximum absolute atomic E-state index is 14.8. The van der Waals surface area contributed by atoms with Crippen molar-refractivity contribution in [2.75, 3.05) is 4.90 Å². The van der Waals surface area contributed by atoms with Gasteiger partial charge in [0.2, 0.25) is 0 Å². The molecule has 212 valence electrons. The SMILES string of the molecule is CC(C)=C1C(=O)N(c2c(F)c(F)c(C(F)(F)F)c(F)c2F)C(=O)/C1=C(/c1c(C)n(C)c2ccccc12)C(F)(F)F. The summed E-state index contributed by atoms with van der Waals surface area (Å²) in [6, 6.07) is 5.70. The highest BCUT2D eigenvalue weighted by Crippen LogP contribution is 2.48. The second-order valence-electron chi connectivity index (χ2n) is 9.08. The maximum atomic E-state index is 14.8. The van der Waals surface area contributed by atoms with Gasteiger partial charge in [-0.15, -0.1) is 0 Å². The summed E-state index contributed by atoms with van der Waals surface area (Å²) in [6.45, 7) is 3.46. The summed E-state index contributed by atoms with van der Waals surface area (Å²) in [7, 11) is 1.42. The fraction of sp³-hybridized carbons (Fsp3) is 0.231. The monoisotopic (exact) mass is 578 g/mol. The first-order chi connectivity index (χ1) is 18.3. The third-order valence-corrected chi connectivity index (χ3v) is 6.51. The molecule has 1 fully saturated rings. The Bertz CT molecular complexity index is 1660. The van der Waals surface area contributed by atoms with Crippen LogP contribution in [0.5, 0.6) is 0 Å². The molecule has 1 aromatic heterocycles. The molecule has 0 N–H and O–H groups in total. The van der Waals surface area contributed by atoms with Gasteiger partial charge >= 0.3 is 12.4 Å². The number of carbonyl (C=O) groups is 2. The number of aryl methyl sites for hydroxylation is 1. The van der Waals surface area contributed by atoms with Crippen LogP contribution in [0.4, 0.5) is 49.6 Å². The average Bonchev–Trinajstić information content (AvgIpc) is 3.22. The minimum atomic E-state index is -5.93. The molecule has 2 amide bonds. The van der Waals surface area contributed by atoms with Gasteiger partial charge in [0.15, 0.2) is 23.3 Å². The van der Waals surface area contributed by atoms with Crippen molar-refractivity contribution in [1.82, 2.24) is 4.57 Å². The molecule has 0 unspecified atom stereocenters. The molecule has 0 spiro atoms. The van der Waals surface area contributed by atoms with Gasteiger partial charge in [-0.3, -0.25) is 9.59 Å². The van der Waals surface area contributed by atoms with Crippen LogP contribution in [0.2, 0.25) is 0 Å². The van der Waals surface area contributed by atoms with Gasteiger partial charge in [-0.05, 0) is 26.8 Å². The van der Waals surface area contributed by atoms with E-state index in [1.807, 2.05) is 0 Å². The molecule has 1 aliphatic rings. The Kier molecular flexibility index (Phi) is 6.67. The Hall–Kier alpha value is -4.10. The molecule has 14 heteroatoms. The van der Waals surface area contributed by atoms with Crippen molar-refractivity contribution in [2.24, 2.45) is 7.05 Å². The van der Waals surface area contributed by atoms with Gasteiger partial charge in [0.05, 0.1) is 16.7 Å². The predicted octanol–water partition coefficient (Wildman–Crippen LogP) is 7.29. The first-order valence-electron chi connectivity index (χ1n) is 11.2. The number of hydrogen-bond donors (Lipinski definition) is 0. The van der Waals surface area contributed by atoms with Gasteiger partial charge < -0.3 is 4.57 Å². The number of para-hydroxylation sites is 1. The maximum Gasteiger partial charge on any atom is 0.422 e. The molecule has 3 aromatic rings. The van der Waals surface area contributed by atoms with E-state index in [9.17, 15) is 53.5 Å². The van der Waals surface area contributed by atoms with Crippen LogP contribution in [0, 0.1) is 30.2 Å². The van der Waals surface area contributed by atoms with E-state index in [2.05, 4.69) is 0 Å². The number of aromatic nitrogens is 1. The first-order valence-corrected chi connectivity index (χ1v) is 11.2. The number of halogens is 10. The molecule has 0 saturated carbocycles. The Labute approximate surface area is 218 Å². The van der Waals surface area contributed by atoms with Crippen LogP contribution in [0.3, 0.4) is 0 Å². The number of carbonyl (C=O) groups excluding carboxylic acids is 2. The molecule has 2 heterocycles. The Morgan fingerprint density at radius 2 is 1.27 bits per heavy atom. The topological polar surface area (TPSA) is 42.3 Å². The summed E-state index contributed by atoms with van der Waals surface area (Å²) in [6.07, 6.45) is -11.3. The number of hydrogen-bond acceptors (Lipinski definition) is 2. The number of nitrogens with zero attached hydrogens (tertiary/aromatic N) is 2. The van der Waals surface area contributed by atoms with Gasteiger partial charge in [-0.1, -0.05) is 23.8 Å². The molecule has 4 nitrogen and oxygen atoms in total.